The summed E-state index contributed by atoms with van der Waals surface area (Å²) < 4.78 is 35.5. The van der Waals surface area contributed by atoms with Crippen LogP contribution in [0.15, 0.2) is 29.2 Å². The van der Waals surface area contributed by atoms with Crippen LogP contribution in [0.25, 0.3) is 0 Å². The van der Waals surface area contributed by atoms with Gasteiger partial charge in [-0.2, -0.15) is 8.42 Å². The molecule has 0 unspecified atom stereocenters. The van der Waals surface area contributed by atoms with Gasteiger partial charge in [0.15, 0.2) is 0 Å². The number of hydrogen-bond donors (Lipinski definition) is 0. The lowest BCUT2D eigenvalue weighted by Crippen LogP contribution is -2.33. The number of methoxy groups -OCH3 is 1. The third kappa shape index (κ3) is 2.50. The molecule has 2 saturated carbocycles. The van der Waals surface area contributed by atoms with Crippen molar-refractivity contribution < 1.29 is 17.3 Å². The van der Waals surface area contributed by atoms with Gasteiger partial charge in [-0.3, -0.25) is 4.18 Å². The van der Waals surface area contributed by atoms with Crippen molar-refractivity contribution in [2.75, 3.05) is 7.11 Å². The van der Waals surface area contributed by atoms with E-state index < -0.39 is 10.1 Å². The lowest BCUT2D eigenvalue weighted by atomic mass is 9.95. The topological polar surface area (TPSA) is 52.6 Å². The van der Waals surface area contributed by atoms with Crippen molar-refractivity contribution in [2.45, 2.75) is 43.3 Å². The highest BCUT2D eigenvalue weighted by atomic mass is 32.2. The smallest absolute Gasteiger partial charge is 0.297 e. The van der Waals surface area contributed by atoms with Crippen LogP contribution < -0.4 is 0 Å². The summed E-state index contributed by atoms with van der Waals surface area (Å²) in [4.78, 5) is 0.236. The maximum Gasteiger partial charge on any atom is 0.297 e. The predicted octanol–water partition coefficient (Wildman–Crippen LogP) is 2.51. The Labute approximate surface area is 120 Å². The molecule has 0 radical (unpaired) electrons. The summed E-state index contributed by atoms with van der Waals surface area (Å²) in [5.74, 6) is 0.758. The van der Waals surface area contributed by atoms with E-state index in [0.717, 1.165) is 24.8 Å². The minimum Gasteiger partial charge on any atom is -0.381 e. The van der Waals surface area contributed by atoms with E-state index in [4.69, 9.17) is 8.92 Å². The van der Waals surface area contributed by atoms with Crippen LogP contribution in [0.4, 0.5) is 0 Å². The fourth-order valence-corrected chi connectivity index (χ4v) is 4.66. The van der Waals surface area contributed by atoms with Crippen LogP contribution in [0.2, 0.25) is 0 Å². The molecule has 1 aromatic carbocycles. The summed E-state index contributed by atoms with van der Waals surface area (Å²) in [5.41, 5.74) is 1.03. The first-order valence-electron chi connectivity index (χ1n) is 7.02. The Morgan fingerprint density at radius 1 is 1.05 bits per heavy atom. The molecule has 2 bridgehead atoms. The zero-order valence-corrected chi connectivity index (χ0v) is 12.6. The van der Waals surface area contributed by atoms with Crippen LogP contribution >= 0.6 is 0 Å². The Morgan fingerprint density at radius 3 is 2.30 bits per heavy atom. The van der Waals surface area contributed by atoms with Gasteiger partial charge in [-0.15, -0.1) is 0 Å². The summed E-state index contributed by atoms with van der Waals surface area (Å²) in [5, 5.41) is 0. The molecule has 4 atom stereocenters. The third-order valence-electron chi connectivity index (χ3n) is 4.55. The zero-order valence-electron chi connectivity index (χ0n) is 11.8. The standard InChI is InChI=1S/C15H20O4S/c1-10-3-5-12(6-4-10)20(16,17)19-15-9-11-7-13(15)14(8-11)18-2/h3-6,11,13-15H,7-9H2,1-2H3/t11-,13+,14-,15+/m0/s1. The molecule has 5 heteroatoms. The lowest BCUT2D eigenvalue weighted by Gasteiger charge is -2.27. The molecule has 110 valence electrons. The maximum absolute atomic E-state index is 12.3. The molecule has 2 fully saturated rings. The fraction of sp³-hybridized carbons (Fsp3) is 0.600. The van der Waals surface area contributed by atoms with E-state index in [1.807, 2.05) is 6.92 Å². The van der Waals surface area contributed by atoms with E-state index >= 15 is 0 Å². The monoisotopic (exact) mass is 296 g/mol. The Balaban J connectivity index is 1.76. The number of hydrogen-bond acceptors (Lipinski definition) is 4. The second kappa shape index (κ2) is 5.13. The molecule has 4 nitrogen and oxygen atoms in total. The van der Waals surface area contributed by atoms with Crippen molar-refractivity contribution >= 4 is 10.1 Å². The molecule has 20 heavy (non-hydrogen) atoms. The lowest BCUT2D eigenvalue weighted by molar-refractivity contribution is 0.00513. The SMILES string of the molecule is CO[C@H]1C[C@@H]2C[C@H]1[C@H](OS(=O)(=O)c1ccc(C)cc1)C2. The normalized spacial score (nSPS) is 32.7. The zero-order chi connectivity index (χ0) is 14.3. The number of aryl methyl sites for hydroxylation is 1. The third-order valence-corrected chi connectivity index (χ3v) is 5.90. The minimum absolute atomic E-state index is 0.145. The largest absolute Gasteiger partial charge is 0.381 e. The molecule has 0 spiro atoms. The van der Waals surface area contributed by atoms with E-state index in [2.05, 4.69) is 0 Å². The summed E-state index contributed by atoms with van der Waals surface area (Å²) in [6.07, 6.45) is 2.80. The van der Waals surface area contributed by atoms with E-state index in [-0.39, 0.29) is 23.0 Å². The average Bonchev–Trinajstić information content (AvgIpc) is 2.97. The molecular formula is C15H20O4S. The predicted molar refractivity (Wildman–Crippen MR) is 74.9 cm³/mol. The number of ether oxygens (including phenoxy) is 1. The van der Waals surface area contributed by atoms with Crippen molar-refractivity contribution in [1.82, 2.24) is 0 Å². The van der Waals surface area contributed by atoms with Crippen molar-refractivity contribution in [3.63, 3.8) is 0 Å². The number of fused-ring (bicyclic) bond motifs is 2. The van der Waals surface area contributed by atoms with Gasteiger partial charge in [0.05, 0.1) is 17.1 Å². The summed E-state index contributed by atoms with van der Waals surface area (Å²) in [6.45, 7) is 1.93. The Morgan fingerprint density at radius 2 is 1.70 bits per heavy atom. The van der Waals surface area contributed by atoms with Crippen molar-refractivity contribution in [3.8, 4) is 0 Å². The molecule has 1 aromatic rings. The highest BCUT2D eigenvalue weighted by Gasteiger charge is 2.48. The molecule has 0 amide bonds. The van der Waals surface area contributed by atoms with Gasteiger partial charge in [0.25, 0.3) is 10.1 Å². The van der Waals surface area contributed by atoms with Gasteiger partial charge in [0.1, 0.15) is 0 Å². The minimum atomic E-state index is -3.67. The first-order valence-corrected chi connectivity index (χ1v) is 8.43. The highest BCUT2D eigenvalue weighted by molar-refractivity contribution is 7.86. The summed E-state index contributed by atoms with van der Waals surface area (Å²) in [7, 11) is -1.98. The summed E-state index contributed by atoms with van der Waals surface area (Å²) >= 11 is 0. The van der Waals surface area contributed by atoms with Gasteiger partial charge in [0, 0.05) is 13.0 Å². The van der Waals surface area contributed by atoms with Gasteiger partial charge in [-0.1, -0.05) is 17.7 Å². The van der Waals surface area contributed by atoms with E-state index in [1.54, 1.807) is 31.4 Å². The molecule has 0 aliphatic heterocycles. The maximum atomic E-state index is 12.3. The second-order valence-electron chi connectivity index (χ2n) is 5.91. The van der Waals surface area contributed by atoms with Gasteiger partial charge in [-0.05, 0) is 44.2 Å². The van der Waals surface area contributed by atoms with Crippen molar-refractivity contribution in [3.05, 3.63) is 29.8 Å². The first kappa shape index (κ1) is 14.0. The molecule has 2 aliphatic carbocycles. The van der Waals surface area contributed by atoms with Crippen LogP contribution in [-0.4, -0.2) is 27.7 Å². The fourth-order valence-electron chi connectivity index (χ4n) is 3.53. The number of benzene rings is 1. The highest BCUT2D eigenvalue weighted by Crippen LogP contribution is 2.48. The quantitative estimate of drug-likeness (QED) is 0.801. The second-order valence-corrected chi connectivity index (χ2v) is 7.49. The summed E-state index contributed by atoms with van der Waals surface area (Å²) in [6, 6.07) is 6.78. The molecule has 0 aromatic heterocycles. The van der Waals surface area contributed by atoms with Gasteiger partial charge < -0.3 is 4.74 Å². The Hall–Kier alpha value is -0.910. The van der Waals surface area contributed by atoms with E-state index in [1.165, 1.54) is 0 Å². The molecule has 2 aliphatic rings. The van der Waals surface area contributed by atoms with Crippen molar-refractivity contribution in [1.29, 1.82) is 0 Å². The van der Waals surface area contributed by atoms with Crippen molar-refractivity contribution in [2.24, 2.45) is 11.8 Å². The molecule has 3 rings (SSSR count). The van der Waals surface area contributed by atoms with Crippen LogP contribution in [-0.2, 0) is 19.0 Å². The average molecular weight is 296 g/mol. The van der Waals surface area contributed by atoms with Crippen LogP contribution in [0, 0.1) is 18.8 Å². The Bertz CT molecular complexity index is 578. The number of rotatable bonds is 4. The first-order chi connectivity index (χ1) is 9.49. The molecule has 0 saturated heterocycles. The molecular weight excluding hydrogens is 276 g/mol. The van der Waals surface area contributed by atoms with Gasteiger partial charge in [-0.25, -0.2) is 0 Å². The molecule has 0 N–H and O–H groups in total. The van der Waals surface area contributed by atoms with Gasteiger partial charge >= 0.3 is 0 Å². The van der Waals surface area contributed by atoms with Crippen LogP contribution in [0.1, 0.15) is 24.8 Å². The Kier molecular flexibility index (Phi) is 3.60. The van der Waals surface area contributed by atoms with Crippen LogP contribution in [0.5, 0.6) is 0 Å². The molecule has 0 heterocycles. The van der Waals surface area contributed by atoms with Crippen LogP contribution in [0.3, 0.4) is 0 Å². The van der Waals surface area contributed by atoms with E-state index in [9.17, 15) is 8.42 Å². The van der Waals surface area contributed by atoms with E-state index in [0.29, 0.717) is 5.92 Å². The van der Waals surface area contributed by atoms with Gasteiger partial charge in [0.2, 0.25) is 0 Å².